The predicted molar refractivity (Wildman–Crippen MR) is 83.0 cm³/mol. The van der Waals surface area contributed by atoms with Crippen LogP contribution >= 0.6 is 0 Å². The van der Waals surface area contributed by atoms with E-state index in [2.05, 4.69) is 43.3 Å². The number of nitrogens with zero attached hydrogens (tertiary/aromatic N) is 2. The van der Waals surface area contributed by atoms with Gasteiger partial charge in [-0.25, -0.2) is 0 Å². The van der Waals surface area contributed by atoms with Crippen molar-refractivity contribution in [2.24, 2.45) is 16.3 Å². The van der Waals surface area contributed by atoms with Gasteiger partial charge in [0, 0.05) is 25.2 Å². The molecule has 0 aliphatic carbocycles. The van der Waals surface area contributed by atoms with Gasteiger partial charge in [-0.05, 0) is 25.1 Å². The Labute approximate surface area is 121 Å². The summed E-state index contributed by atoms with van der Waals surface area (Å²) in [6.45, 7) is 7.31. The van der Waals surface area contributed by atoms with E-state index in [0.717, 1.165) is 25.2 Å². The topological polar surface area (TPSA) is 73.9 Å². The Morgan fingerprint density at radius 2 is 1.90 bits per heavy atom. The van der Waals surface area contributed by atoms with Crippen molar-refractivity contribution in [3.05, 3.63) is 35.4 Å². The van der Waals surface area contributed by atoms with Crippen LogP contribution in [0.5, 0.6) is 0 Å². The molecule has 0 saturated carbocycles. The zero-order valence-electron chi connectivity index (χ0n) is 12.8. The zero-order valence-corrected chi connectivity index (χ0v) is 12.8. The predicted octanol–water partition coefficient (Wildman–Crippen LogP) is 1.46. The highest BCUT2D eigenvalue weighted by atomic mass is 16.4. The standard InChI is InChI=1S/C15H26N4O/c1-15(2,11-19(3)4)10-17-9-12-5-7-13(8-6-12)14(16)18-20/h5-8,17,20H,9-11H2,1-4H3,(H2,16,18). The molecule has 0 saturated heterocycles. The average molecular weight is 278 g/mol. The largest absolute Gasteiger partial charge is 0.409 e. The Bertz CT molecular complexity index is 438. The van der Waals surface area contributed by atoms with Crippen LogP contribution in [-0.4, -0.2) is 43.1 Å². The van der Waals surface area contributed by atoms with Gasteiger partial charge >= 0.3 is 0 Å². The third-order valence-corrected chi connectivity index (χ3v) is 3.03. The highest BCUT2D eigenvalue weighted by Crippen LogP contribution is 2.14. The molecule has 0 heterocycles. The number of nitrogens with one attached hydrogen (secondary N) is 1. The van der Waals surface area contributed by atoms with Gasteiger partial charge in [0.25, 0.3) is 0 Å². The van der Waals surface area contributed by atoms with Crippen LogP contribution < -0.4 is 11.1 Å². The van der Waals surface area contributed by atoms with Gasteiger partial charge in [0.15, 0.2) is 5.84 Å². The molecule has 0 radical (unpaired) electrons. The Kier molecular flexibility index (Phi) is 5.98. The van der Waals surface area contributed by atoms with Crippen LogP contribution in [0.25, 0.3) is 0 Å². The van der Waals surface area contributed by atoms with Gasteiger partial charge in [-0.2, -0.15) is 0 Å². The quantitative estimate of drug-likeness (QED) is 0.305. The van der Waals surface area contributed by atoms with E-state index in [1.54, 1.807) is 0 Å². The lowest BCUT2D eigenvalue weighted by atomic mass is 9.93. The number of benzene rings is 1. The number of hydrogen-bond donors (Lipinski definition) is 3. The smallest absolute Gasteiger partial charge is 0.170 e. The molecule has 0 spiro atoms. The van der Waals surface area contributed by atoms with Crippen molar-refractivity contribution in [1.82, 2.24) is 10.2 Å². The minimum Gasteiger partial charge on any atom is -0.409 e. The van der Waals surface area contributed by atoms with E-state index in [1.165, 1.54) is 5.56 Å². The number of oxime groups is 1. The first-order valence-corrected chi connectivity index (χ1v) is 6.76. The molecule has 1 aromatic carbocycles. The first kappa shape index (κ1) is 16.5. The molecule has 0 fully saturated rings. The van der Waals surface area contributed by atoms with E-state index < -0.39 is 0 Å². The molecule has 4 N–H and O–H groups in total. The summed E-state index contributed by atoms with van der Waals surface area (Å²) in [5.41, 5.74) is 7.67. The molecule has 0 aliphatic rings. The third kappa shape index (κ3) is 5.59. The van der Waals surface area contributed by atoms with Gasteiger partial charge in [-0.3, -0.25) is 0 Å². The molecule has 0 amide bonds. The maximum absolute atomic E-state index is 8.61. The lowest BCUT2D eigenvalue weighted by Crippen LogP contribution is -2.37. The second-order valence-electron chi connectivity index (χ2n) is 6.19. The molecule has 1 rings (SSSR count). The number of nitrogens with two attached hydrogens (primary N) is 1. The maximum Gasteiger partial charge on any atom is 0.170 e. The summed E-state index contributed by atoms with van der Waals surface area (Å²) < 4.78 is 0. The van der Waals surface area contributed by atoms with Crippen molar-refractivity contribution >= 4 is 5.84 Å². The second-order valence-corrected chi connectivity index (χ2v) is 6.19. The van der Waals surface area contributed by atoms with Crippen molar-refractivity contribution < 1.29 is 5.21 Å². The number of hydrogen-bond acceptors (Lipinski definition) is 4. The molecule has 20 heavy (non-hydrogen) atoms. The van der Waals surface area contributed by atoms with E-state index in [-0.39, 0.29) is 11.3 Å². The fourth-order valence-corrected chi connectivity index (χ4v) is 2.31. The monoisotopic (exact) mass is 278 g/mol. The molecule has 112 valence electrons. The highest BCUT2D eigenvalue weighted by Gasteiger charge is 2.17. The number of rotatable bonds is 7. The molecular formula is C15H26N4O. The Morgan fingerprint density at radius 3 is 2.40 bits per heavy atom. The van der Waals surface area contributed by atoms with Gasteiger partial charge in [-0.15, -0.1) is 0 Å². The van der Waals surface area contributed by atoms with Crippen molar-refractivity contribution in [2.45, 2.75) is 20.4 Å². The van der Waals surface area contributed by atoms with E-state index in [0.29, 0.717) is 0 Å². The molecular weight excluding hydrogens is 252 g/mol. The molecule has 0 aromatic heterocycles. The van der Waals surface area contributed by atoms with Gasteiger partial charge in [0.1, 0.15) is 0 Å². The molecule has 0 aliphatic heterocycles. The molecule has 5 heteroatoms. The van der Waals surface area contributed by atoms with Crippen LogP contribution in [0, 0.1) is 5.41 Å². The van der Waals surface area contributed by atoms with Gasteiger partial charge in [-0.1, -0.05) is 43.3 Å². The highest BCUT2D eigenvalue weighted by molar-refractivity contribution is 5.96. The molecule has 5 nitrogen and oxygen atoms in total. The summed E-state index contributed by atoms with van der Waals surface area (Å²) in [5.74, 6) is 0.136. The fourth-order valence-electron chi connectivity index (χ4n) is 2.31. The SMILES string of the molecule is CN(C)CC(C)(C)CNCc1ccc(C(N)=NO)cc1. The summed E-state index contributed by atoms with van der Waals surface area (Å²) in [4.78, 5) is 2.20. The summed E-state index contributed by atoms with van der Waals surface area (Å²) in [5, 5.41) is 15.1. The third-order valence-electron chi connectivity index (χ3n) is 3.03. The maximum atomic E-state index is 8.61. The van der Waals surface area contributed by atoms with Crippen LogP contribution in [-0.2, 0) is 6.54 Å². The van der Waals surface area contributed by atoms with Crippen LogP contribution in [0.1, 0.15) is 25.0 Å². The minimum absolute atomic E-state index is 0.136. The Balaban J connectivity index is 2.46. The van der Waals surface area contributed by atoms with Gasteiger partial charge in [0.05, 0.1) is 0 Å². The van der Waals surface area contributed by atoms with Crippen LogP contribution in [0.15, 0.2) is 29.4 Å². The zero-order chi connectivity index (χ0) is 15.2. The first-order valence-electron chi connectivity index (χ1n) is 6.76. The lowest BCUT2D eigenvalue weighted by molar-refractivity contribution is 0.232. The van der Waals surface area contributed by atoms with Crippen molar-refractivity contribution in [2.75, 3.05) is 27.2 Å². The lowest BCUT2D eigenvalue weighted by Gasteiger charge is -2.28. The molecule has 1 aromatic rings. The Morgan fingerprint density at radius 1 is 1.30 bits per heavy atom. The van der Waals surface area contributed by atoms with Crippen LogP contribution in [0.3, 0.4) is 0 Å². The normalized spacial score (nSPS) is 12.9. The van der Waals surface area contributed by atoms with Gasteiger partial charge < -0.3 is 21.2 Å². The average Bonchev–Trinajstić information content (AvgIpc) is 2.37. The second kappa shape index (κ2) is 7.26. The minimum atomic E-state index is 0.136. The summed E-state index contributed by atoms with van der Waals surface area (Å²) in [7, 11) is 4.18. The van der Waals surface area contributed by atoms with E-state index in [1.807, 2.05) is 24.3 Å². The fraction of sp³-hybridized carbons (Fsp3) is 0.533. The van der Waals surface area contributed by atoms with E-state index >= 15 is 0 Å². The molecule has 0 bridgehead atoms. The summed E-state index contributed by atoms with van der Waals surface area (Å²) >= 11 is 0. The van der Waals surface area contributed by atoms with E-state index in [9.17, 15) is 0 Å². The summed E-state index contributed by atoms with van der Waals surface area (Å²) in [6, 6.07) is 7.69. The van der Waals surface area contributed by atoms with Crippen molar-refractivity contribution in [3.63, 3.8) is 0 Å². The first-order chi connectivity index (χ1) is 9.34. The molecule has 0 atom stereocenters. The van der Waals surface area contributed by atoms with Gasteiger partial charge in [0.2, 0.25) is 0 Å². The van der Waals surface area contributed by atoms with E-state index in [4.69, 9.17) is 10.9 Å². The summed E-state index contributed by atoms with van der Waals surface area (Å²) in [6.07, 6.45) is 0. The van der Waals surface area contributed by atoms with Crippen molar-refractivity contribution in [3.8, 4) is 0 Å². The Hall–Kier alpha value is -1.59. The molecule has 0 unspecified atom stereocenters. The van der Waals surface area contributed by atoms with Crippen molar-refractivity contribution in [1.29, 1.82) is 0 Å². The van der Waals surface area contributed by atoms with Crippen LogP contribution in [0.2, 0.25) is 0 Å². The number of amidine groups is 1. The van der Waals surface area contributed by atoms with Crippen LogP contribution in [0.4, 0.5) is 0 Å².